The maximum atomic E-state index is 13.8. The highest BCUT2D eigenvalue weighted by Gasteiger charge is 2.42. The molecule has 0 saturated carbocycles. The summed E-state index contributed by atoms with van der Waals surface area (Å²) < 4.78 is 26.6. The molecule has 4 rings (SSSR count). The van der Waals surface area contributed by atoms with Gasteiger partial charge in [0.05, 0.1) is 12.5 Å². The summed E-state index contributed by atoms with van der Waals surface area (Å²) >= 11 is 0. The predicted molar refractivity (Wildman–Crippen MR) is 119 cm³/mol. The van der Waals surface area contributed by atoms with Crippen LogP contribution in [-0.4, -0.2) is 36.8 Å². The zero-order valence-electron chi connectivity index (χ0n) is 18.3. The lowest BCUT2D eigenvalue weighted by Gasteiger charge is -2.37. The number of hydrogen-bond acceptors (Lipinski definition) is 3. The smallest absolute Gasteiger partial charge is 0.231 e. The molecule has 1 N–H and O–H groups in total. The van der Waals surface area contributed by atoms with Crippen LogP contribution in [0.2, 0.25) is 0 Å². The standard InChI is InChI=1S/C25H29FN2O3/c1-17(14-18-16-28(2)23-9-6-20(26)15-22(18)23)27-24(29)25(10-12-31-13-11-25)19-4-7-21(30-3)8-5-19/h4-9,15-17H,10-14H2,1-3H3,(H,27,29). The number of ether oxygens (including phenoxy) is 2. The zero-order chi connectivity index (χ0) is 22.0. The molecule has 0 bridgehead atoms. The van der Waals surface area contributed by atoms with Crippen LogP contribution < -0.4 is 10.1 Å². The van der Waals surface area contributed by atoms with Crippen LogP contribution in [0.5, 0.6) is 5.75 Å². The minimum Gasteiger partial charge on any atom is -0.497 e. The number of amides is 1. The average Bonchev–Trinajstić information content (AvgIpc) is 3.08. The molecule has 0 radical (unpaired) electrons. The van der Waals surface area contributed by atoms with Gasteiger partial charge in [-0.3, -0.25) is 4.79 Å². The number of nitrogens with zero attached hydrogens (tertiary/aromatic N) is 1. The molecule has 1 aliphatic heterocycles. The minimum atomic E-state index is -0.621. The lowest BCUT2D eigenvalue weighted by atomic mass is 9.73. The molecule has 1 saturated heterocycles. The van der Waals surface area contributed by atoms with E-state index >= 15 is 0 Å². The lowest BCUT2D eigenvalue weighted by Crippen LogP contribution is -2.50. The van der Waals surface area contributed by atoms with Gasteiger partial charge in [-0.25, -0.2) is 4.39 Å². The molecular formula is C25H29FN2O3. The summed E-state index contributed by atoms with van der Waals surface area (Å²) in [6.07, 6.45) is 3.91. The molecule has 2 aromatic carbocycles. The van der Waals surface area contributed by atoms with Crippen LogP contribution in [0.15, 0.2) is 48.7 Å². The van der Waals surface area contributed by atoms with Crippen LogP contribution in [0.25, 0.3) is 10.9 Å². The van der Waals surface area contributed by atoms with E-state index in [9.17, 15) is 9.18 Å². The summed E-state index contributed by atoms with van der Waals surface area (Å²) in [5, 5.41) is 4.11. The number of carbonyl (C=O) groups excluding carboxylic acids is 1. The van der Waals surface area contributed by atoms with Crippen molar-refractivity contribution in [3.8, 4) is 5.75 Å². The molecule has 2 heterocycles. The van der Waals surface area contributed by atoms with Crippen molar-refractivity contribution in [2.45, 2.75) is 37.6 Å². The molecule has 1 amide bonds. The monoisotopic (exact) mass is 424 g/mol. The van der Waals surface area contributed by atoms with Crippen molar-refractivity contribution in [2.24, 2.45) is 7.05 Å². The molecule has 3 aromatic rings. The Labute approximate surface area is 182 Å². The molecule has 5 nitrogen and oxygen atoms in total. The van der Waals surface area contributed by atoms with Crippen molar-refractivity contribution in [2.75, 3.05) is 20.3 Å². The zero-order valence-corrected chi connectivity index (χ0v) is 18.3. The fourth-order valence-corrected chi connectivity index (χ4v) is 4.63. The van der Waals surface area contributed by atoms with Crippen molar-refractivity contribution in [1.82, 2.24) is 9.88 Å². The predicted octanol–water partition coefficient (Wildman–Crippen LogP) is 4.12. The van der Waals surface area contributed by atoms with Gasteiger partial charge >= 0.3 is 0 Å². The summed E-state index contributed by atoms with van der Waals surface area (Å²) in [6.45, 7) is 3.10. The van der Waals surface area contributed by atoms with Gasteiger partial charge in [0.25, 0.3) is 0 Å². The van der Waals surface area contributed by atoms with Crippen molar-refractivity contribution >= 4 is 16.8 Å². The molecule has 1 unspecified atom stereocenters. The third kappa shape index (κ3) is 4.17. The fourth-order valence-electron chi connectivity index (χ4n) is 4.63. The summed E-state index contributed by atoms with van der Waals surface area (Å²) in [4.78, 5) is 13.5. The maximum absolute atomic E-state index is 13.8. The normalized spacial score (nSPS) is 16.8. The van der Waals surface area contributed by atoms with E-state index in [1.165, 1.54) is 6.07 Å². The Hall–Kier alpha value is -2.86. The molecule has 0 aliphatic carbocycles. The van der Waals surface area contributed by atoms with Crippen LogP contribution in [0.3, 0.4) is 0 Å². The van der Waals surface area contributed by atoms with Gasteiger partial charge < -0.3 is 19.4 Å². The average molecular weight is 425 g/mol. The van der Waals surface area contributed by atoms with Crippen LogP contribution in [0, 0.1) is 5.82 Å². The van der Waals surface area contributed by atoms with Gasteiger partial charge in [0.1, 0.15) is 11.6 Å². The minimum absolute atomic E-state index is 0.0138. The van der Waals surface area contributed by atoms with E-state index in [4.69, 9.17) is 9.47 Å². The number of fused-ring (bicyclic) bond motifs is 1. The van der Waals surface area contributed by atoms with E-state index in [0.29, 0.717) is 32.5 Å². The number of rotatable bonds is 6. The first-order valence-electron chi connectivity index (χ1n) is 10.7. The maximum Gasteiger partial charge on any atom is 0.231 e. The number of carbonyl (C=O) groups is 1. The first kappa shape index (κ1) is 21.4. The van der Waals surface area contributed by atoms with E-state index in [-0.39, 0.29) is 17.8 Å². The van der Waals surface area contributed by atoms with Gasteiger partial charge in [0, 0.05) is 43.4 Å². The summed E-state index contributed by atoms with van der Waals surface area (Å²) in [5.74, 6) is 0.528. The largest absolute Gasteiger partial charge is 0.497 e. The first-order valence-corrected chi connectivity index (χ1v) is 10.7. The third-order valence-electron chi connectivity index (χ3n) is 6.36. The van der Waals surface area contributed by atoms with Crippen molar-refractivity contribution in [3.63, 3.8) is 0 Å². The molecule has 1 atom stereocenters. The second kappa shape index (κ2) is 8.71. The molecule has 1 fully saturated rings. The molecule has 31 heavy (non-hydrogen) atoms. The highest BCUT2D eigenvalue weighted by molar-refractivity contribution is 5.89. The van der Waals surface area contributed by atoms with Crippen molar-refractivity contribution in [3.05, 3.63) is 65.6 Å². The molecule has 6 heteroatoms. The summed E-state index contributed by atoms with van der Waals surface area (Å²) in [7, 11) is 3.58. The van der Waals surface area contributed by atoms with Gasteiger partial charge in [0.2, 0.25) is 5.91 Å². The highest BCUT2D eigenvalue weighted by Crippen LogP contribution is 2.36. The molecule has 0 spiro atoms. The van der Waals surface area contributed by atoms with Crippen LogP contribution in [0.4, 0.5) is 4.39 Å². The lowest BCUT2D eigenvalue weighted by molar-refractivity contribution is -0.131. The number of methoxy groups -OCH3 is 1. The number of hydrogen-bond donors (Lipinski definition) is 1. The van der Waals surface area contributed by atoms with Gasteiger partial charge in [-0.2, -0.15) is 0 Å². The number of nitrogens with one attached hydrogen (secondary N) is 1. The summed E-state index contributed by atoms with van der Waals surface area (Å²) in [6, 6.07) is 12.5. The van der Waals surface area contributed by atoms with Gasteiger partial charge in [-0.1, -0.05) is 12.1 Å². The Bertz CT molecular complexity index is 1070. The van der Waals surface area contributed by atoms with Crippen molar-refractivity contribution in [1.29, 1.82) is 0 Å². The molecular weight excluding hydrogens is 395 g/mol. The van der Waals surface area contributed by atoms with Crippen LogP contribution >= 0.6 is 0 Å². The number of benzene rings is 2. The van der Waals surface area contributed by atoms with E-state index in [1.807, 2.05) is 49.0 Å². The fraction of sp³-hybridized carbons (Fsp3) is 0.400. The first-order chi connectivity index (χ1) is 14.9. The van der Waals surface area contributed by atoms with Gasteiger partial charge in [-0.05, 0) is 67.6 Å². The number of halogens is 1. The molecule has 164 valence electrons. The Morgan fingerprint density at radius 1 is 1.23 bits per heavy atom. The van der Waals surface area contributed by atoms with E-state index in [1.54, 1.807) is 19.2 Å². The summed E-state index contributed by atoms with van der Waals surface area (Å²) in [5.41, 5.74) is 2.36. The quantitative estimate of drug-likeness (QED) is 0.648. The van der Waals surface area contributed by atoms with Gasteiger partial charge in [-0.15, -0.1) is 0 Å². The van der Waals surface area contributed by atoms with Gasteiger partial charge in [0.15, 0.2) is 0 Å². The number of aromatic nitrogens is 1. The Kier molecular flexibility index (Phi) is 6.01. The Morgan fingerprint density at radius 3 is 2.61 bits per heavy atom. The van der Waals surface area contributed by atoms with Crippen LogP contribution in [0.1, 0.15) is 30.9 Å². The Balaban J connectivity index is 1.55. The highest BCUT2D eigenvalue weighted by atomic mass is 19.1. The third-order valence-corrected chi connectivity index (χ3v) is 6.36. The number of aryl methyl sites for hydroxylation is 1. The second-order valence-corrected chi connectivity index (χ2v) is 8.43. The molecule has 1 aliphatic rings. The SMILES string of the molecule is COc1ccc(C2(C(=O)NC(C)Cc3cn(C)c4ccc(F)cc34)CCOCC2)cc1. The van der Waals surface area contributed by atoms with Crippen LogP contribution in [-0.2, 0) is 28.4 Å². The van der Waals surface area contributed by atoms with Crippen molar-refractivity contribution < 1.29 is 18.7 Å². The van der Waals surface area contributed by atoms with E-state index in [2.05, 4.69) is 5.32 Å². The second-order valence-electron chi connectivity index (χ2n) is 8.43. The van der Waals surface area contributed by atoms with E-state index < -0.39 is 5.41 Å². The van der Waals surface area contributed by atoms with E-state index in [0.717, 1.165) is 27.8 Å². The molecule has 1 aromatic heterocycles. The Morgan fingerprint density at radius 2 is 1.94 bits per heavy atom. The topological polar surface area (TPSA) is 52.5 Å².